The van der Waals surface area contributed by atoms with E-state index in [0.29, 0.717) is 25.4 Å². The van der Waals surface area contributed by atoms with Crippen LogP contribution in [0.15, 0.2) is 0 Å². The second-order valence-electron chi connectivity index (χ2n) is 6.98. The summed E-state index contributed by atoms with van der Waals surface area (Å²) in [4.78, 5) is 13.8. The molecule has 0 spiro atoms. The summed E-state index contributed by atoms with van der Waals surface area (Å²) < 4.78 is 0. The van der Waals surface area contributed by atoms with Crippen molar-refractivity contribution >= 4 is 5.91 Å². The third-order valence-electron chi connectivity index (χ3n) is 4.32. The summed E-state index contributed by atoms with van der Waals surface area (Å²) in [6, 6.07) is 0. The summed E-state index contributed by atoms with van der Waals surface area (Å²) in [7, 11) is 0. The minimum absolute atomic E-state index is 0.162. The predicted octanol–water partition coefficient (Wildman–Crippen LogP) is 2.29. The number of nitrogens with zero attached hydrogens (tertiary/aromatic N) is 1. The van der Waals surface area contributed by atoms with Crippen LogP contribution in [0.4, 0.5) is 0 Å². The fourth-order valence-electron chi connectivity index (χ4n) is 1.85. The Bertz CT molecular complexity index is 285. The molecule has 0 radical (unpaired) electrons. The first-order chi connectivity index (χ1) is 7.56. The predicted molar refractivity (Wildman–Crippen MR) is 69.6 cm³/mol. The fourth-order valence-corrected chi connectivity index (χ4v) is 1.85. The molecule has 1 rings (SSSR count). The van der Waals surface area contributed by atoms with Gasteiger partial charge in [-0.05, 0) is 17.3 Å². The van der Waals surface area contributed by atoms with Crippen LogP contribution in [0.5, 0.6) is 0 Å². The minimum atomic E-state index is -0.652. The SMILES string of the molecule is CC(CC(=O)N1CC(O)(C(C)C)C1)C(C)(C)C. The molecule has 1 N–H and O–H groups in total. The minimum Gasteiger partial charge on any atom is -0.386 e. The van der Waals surface area contributed by atoms with Gasteiger partial charge < -0.3 is 10.0 Å². The average molecular weight is 241 g/mol. The molecule has 100 valence electrons. The van der Waals surface area contributed by atoms with Crippen molar-refractivity contribution in [3.63, 3.8) is 0 Å². The van der Waals surface area contributed by atoms with Crippen molar-refractivity contribution in [2.45, 2.75) is 53.6 Å². The molecule has 1 fully saturated rings. The molecule has 3 heteroatoms. The third kappa shape index (κ3) is 3.21. The van der Waals surface area contributed by atoms with Crippen LogP contribution in [0.3, 0.4) is 0 Å². The second kappa shape index (κ2) is 4.60. The van der Waals surface area contributed by atoms with Crippen molar-refractivity contribution < 1.29 is 9.90 Å². The van der Waals surface area contributed by atoms with Crippen LogP contribution < -0.4 is 0 Å². The molecule has 0 aromatic heterocycles. The van der Waals surface area contributed by atoms with Gasteiger partial charge in [-0.25, -0.2) is 0 Å². The summed E-state index contributed by atoms with van der Waals surface area (Å²) in [5.41, 5.74) is -0.491. The van der Waals surface area contributed by atoms with E-state index in [2.05, 4.69) is 27.7 Å². The number of hydrogen-bond donors (Lipinski definition) is 1. The standard InChI is InChI=1S/C14H27NO2/c1-10(2)14(17)8-15(9-14)12(16)7-11(3)13(4,5)6/h10-11,17H,7-9H2,1-6H3. The molecule has 1 aliphatic heterocycles. The normalized spacial score (nSPS) is 21.3. The maximum absolute atomic E-state index is 12.0. The van der Waals surface area contributed by atoms with E-state index >= 15 is 0 Å². The van der Waals surface area contributed by atoms with Gasteiger partial charge in [-0.15, -0.1) is 0 Å². The summed E-state index contributed by atoms with van der Waals surface area (Å²) in [5.74, 6) is 0.757. The van der Waals surface area contributed by atoms with Crippen LogP contribution in [0.1, 0.15) is 48.0 Å². The Morgan fingerprint density at radius 3 is 2.12 bits per heavy atom. The Balaban J connectivity index is 2.43. The lowest BCUT2D eigenvalue weighted by atomic mass is 9.78. The summed E-state index contributed by atoms with van der Waals surface area (Å²) in [6.07, 6.45) is 0.581. The van der Waals surface area contributed by atoms with E-state index in [-0.39, 0.29) is 17.2 Å². The highest BCUT2D eigenvalue weighted by molar-refractivity contribution is 5.77. The zero-order valence-corrected chi connectivity index (χ0v) is 12.1. The summed E-state index contributed by atoms with van der Waals surface area (Å²) >= 11 is 0. The summed E-state index contributed by atoms with van der Waals surface area (Å²) in [5, 5.41) is 10.1. The molecule has 0 aromatic carbocycles. The van der Waals surface area contributed by atoms with E-state index in [1.165, 1.54) is 0 Å². The van der Waals surface area contributed by atoms with Crippen LogP contribution in [-0.2, 0) is 4.79 Å². The van der Waals surface area contributed by atoms with Gasteiger partial charge in [0.2, 0.25) is 5.91 Å². The molecular weight excluding hydrogens is 214 g/mol. The Labute approximate surface area is 105 Å². The van der Waals surface area contributed by atoms with Gasteiger partial charge >= 0.3 is 0 Å². The molecule has 17 heavy (non-hydrogen) atoms. The number of amides is 1. The van der Waals surface area contributed by atoms with Gasteiger partial charge in [-0.3, -0.25) is 4.79 Å². The number of carbonyl (C=O) groups is 1. The Morgan fingerprint density at radius 1 is 1.29 bits per heavy atom. The molecule has 0 aliphatic carbocycles. The van der Waals surface area contributed by atoms with Crippen LogP contribution in [-0.4, -0.2) is 34.6 Å². The van der Waals surface area contributed by atoms with Gasteiger partial charge in [0, 0.05) is 6.42 Å². The highest BCUT2D eigenvalue weighted by atomic mass is 16.3. The highest BCUT2D eigenvalue weighted by Gasteiger charge is 2.45. The molecule has 1 aliphatic rings. The van der Waals surface area contributed by atoms with Crippen molar-refractivity contribution in [3.8, 4) is 0 Å². The smallest absolute Gasteiger partial charge is 0.223 e. The topological polar surface area (TPSA) is 40.5 Å². The second-order valence-corrected chi connectivity index (χ2v) is 6.98. The first kappa shape index (κ1) is 14.5. The Hall–Kier alpha value is -0.570. The van der Waals surface area contributed by atoms with Crippen molar-refractivity contribution in [1.29, 1.82) is 0 Å². The lowest BCUT2D eigenvalue weighted by molar-refractivity contribution is -0.165. The van der Waals surface area contributed by atoms with Crippen molar-refractivity contribution in [2.75, 3.05) is 13.1 Å². The molecule has 0 bridgehead atoms. The number of hydrogen-bond acceptors (Lipinski definition) is 2. The van der Waals surface area contributed by atoms with Gasteiger partial charge in [0.05, 0.1) is 13.1 Å². The van der Waals surface area contributed by atoms with Crippen molar-refractivity contribution in [3.05, 3.63) is 0 Å². The van der Waals surface area contributed by atoms with Crippen molar-refractivity contribution in [1.82, 2.24) is 4.90 Å². The molecule has 1 unspecified atom stereocenters. The van der Waals surface area contributed by atoms with Crippen LogP contribution in [0.2, 0.25) is 0 Å². The lowest BCUT2D eigenvalue weighted by Crippen LogP contribution is -2.66. The fraction of sp³-hybridized carbons (Fsp3) is 0.929. The summed E-state index contributed by atoms with van der Waals surface area (Å²) in [6.45, 7) is 13.6. The molecule has 1 amide bonds. The molecule has 1 saturated heterocycles. The van der Waals surface area contributed by atoms with Gasteiger partial charge in [0.1, 0.15) is 5.60 Å². The maximum atomic E-state index is 12.0. The average Bonchev–Trinajstić information content (AvgIpc) is 2.10. The van der Waals surface area contributed by atoms with Gasteiger partial charge in [-0.2, -0.15) is 0 Å². The molecule has 1 heterocycles. The van der Waals surface area contributed by atoms with E-state index in [0.717, 1.165) is 0 Å². The lowest BCUT2D eigenvalue weighted by Gasteiger charge is -2.49. The Morgan fingerprint density at radius 2 is 1.76 bits per heavy atom. The molecule has 0 saturated carbocycles. The van der Waals surface area contributed by atoms with Crippen molar-refractivity contribution in [2.24, 2.45) is 17.3 Å². The van der Waals surface area contributed by atoms with Crippen LogP contribution >= 0.6 is 0 Å². The van der Waals surface area contributed by atoms with E-state index in [9.17, 15) is 9.90 Å². The number of rotatable bonds is 3. The van der Waals surface area contributed by atoms with E-state index in [1.54, 1.807) is 4.90 Å². The maximum Gasteiger partial charge on any atom is 0.223 e. The zero-order valence-electron chi connectivity index (χ0n) is 12.1. The molecule has 0 aromatic rings. The van der Waals surface area contributed by atoms with Gasteiger partial charge in [0.25, 0.3) is 0 Å². The molecular formula is C14H27NO2. The number of aliphatic hydroxyl groups is 1. The number of likely N-dealkylation sites (tertiary alicyclic amines) is 1. The monoisotopic (exact) mass is 241 g/mol. The zero-order chi connectivity index (χ0) is 13.4. The number of carbonyl (C=O) groups excluding carboxylic acids is 1. The third-order valence-corrected chi connectivity index (χ3v) is 4.32. The van der Waals surface area contributed by atoms with E-state index in [4.69, 9.17) is 0 Å². The van der Waals surface area contributed by atoms with E-state index in [1.807, 2.05) is 13.8 Å². The Kier molecular flexibility index (Phi) is 3.92. The van der Waals surface area contributed by atoms with Crippen LogP contribution in [0, 0.1) is 17.3 Å². The first-order valence-electron chi connectivity index (χ1n) is 6.56. The largest absolute Gasteiger partial charge is 0.386 e. The molecule has 1 atom stereocenters. The first-order valence-corrected chi connectivity index (χ1v) is 6.56. The van der Waals surface area contributed by atoms with Gasteiger partial charge in [0.15, 0.2) is 0 Å². The van der Waals surface area contributed by atoms with Crippen LogP contribution in [0.25, 0.3) is 0 Å². The highest BCUT2D eigenvalue weighted by Crippen LogP contribution is 2.32. The quantitative estimate of drug-likeness (QED) is 0.823. The van der Waals surface area contributed by atoms with Gasteiger partial charge in [-0.1, -0.05) is 41.5 Å². The molecule has 3 nitrogen and oxygen atoms in total. The number of β-amino-alcohol motifs (C(OH)–C–C–N with tert-alkyl or cyclic N) is 1. The van der Waals surface area contributed by atoms with E-state index < -0.39 is 5.60 Å².